The number of carbonyl (C=O) groups is 1. The number of hydrogen-bond acceptors (Lipinski definition) is 1. The highest BCUT2D eigenvalue weighted by Gasteiger charge is 2.39. The number of amides is 1. The molecule has 88 valence electrons. The molecule has 15 heavy (non-hydrogen) atoms. The topological polar surface area (TPSA) is 20.3 Å². The van der Waals surface area contributed by atoms with E-state index in [9.17, 15) is 4.79 Å². The van der Waals surface area contributed by atoms with E-state index in [2.05, 4.69) is 39.5 Å². The van der Waals surface area contributed by atoms with Crippen molar-refractivity contribution in [2.45, 2.75) is 59.9 Å². The van der Waals surface area contributed by atoms with Crippen molar-refractivity contribution < 1.29 is 4.79 Å². The van der Waals surface area contributed by atoms with Gasteiger partial charge in [-0.1, -0.05) is 27.7 Å². The largest absolute Gasteiger partial charge is 0.337 e. The van der Waals surface area contributed by atoms with Gasteiger partial charge in [-0.25, -0.2) is 0 Å². The lowest BCUT2D eigenvalue weighted by Crippen LogP contribution is -2.47. The van der Waals surface area contributed by atoms with Gasteiger partial charge in [0.05, 0.1) is 0 Å². The summed E-state index contributed by atoms with van der Waals surface area (Å²) in [5, 5.41) is 0. The van der Waals surface area contributed by atoms with E-state index in [1.54, 1.807) is 0 Å². The summed E-state index contributed by atoms with van der Waals surface area (Å²) in [7, 11) is 0. The van der Waals surface area contributed by atoms with Crippen LogP contribution in [-0.2, 0) is 4.79 Å². The van der Waals surface area contributed by atoms with Crippen LogP contribution in [0.25, 0.3) is 0 Å². The summed E-state index contributed by atoms with van der Waals surface area (Å²) in [6.45, 7) is 14.1. The van der Waals surface area contributed by atoms with Crippen LogP contribution in [0, 0.1) is 11.3 Å². The van der Waals surface area contributed by atoms with Gasteiger partial charge in [-0.15, -0.1) is 0 Å². The monoisotopic (exact) mass is 211 g/mol. The SMILES string of the molecule is CC1CCN(C(C)(C)CC(C)(C)C)C1=O. The highest BCUT2D eigenvalue weighted by atomic mass is 16.2. The summed E-state index contributed by atoms with van der Waals surface area (Å²) >= 11 is 0. The van der Waals surface area contributed by atoms with Crippen LogP contribution in [-0.4, -0.2) is 22.9 Å². The Morgan fingerprint density at radius 3 is 2.13 bits per heavy atom. The Bertz CT molecular complexity index is 250. The third-order valence-electron chi connectivity index (χ3n) is 3.17. The molecule has 1 fully saturated rings. The number of nitrogens with zero attached hydrogens (tertiary/aromatic N) is 1. The van der Waals surface area contributed by atoms with E-state index in [4.69, 9.17) is 0 Å². The van der Waals surface area contributed by atoms with Crippen LogP contribution in [0.4, 0.5) is 0 Å². The minimum atomic E-state index is 0.0000926. The fraction of sp³-hybridized carbons (Fsp3) is 0.923. The van der Waals surface area contributed by atoms with Gasteiger partial charge in [0.15, 0.2) is 0 Å². The Balaban J connectivity index is 2.74. The highest BCUT2D eigenvalue weighted by molar-refractivity contribution is 5.81. The molecule has 1 aliphatic heterocycles. The van der Waals surface area contributed by atoms with Gasteiger partial charge in [-0.3, -0.25) is 4.79 Å². The lowest BCUT2D eigenvalue weighted by atomic mass is 9.81. The predicted octanol–water partition coefficient (Wildman–Crippen LogP) is 3.07. The highest BCUT2D eigenvalue weighted by Crippen LogP contribution is 2.34. The zero-order valence-electron chi connectivity index (χ0n) is 11.1. The summed E-state index contributed by atoms with van der Waals surface area (Å²) < 4.78 is 0. The number of carbonyl (C=O) groups excluding carboxylic acids is 1. The Kier molecular flexibility index (Phi) is 3.18. The van der Waals surface area contributed by atoms with Crippen LogP contribution >= 0.6 is 0 Å². The molecule has 0 aromatic rings. The Labute approximate surface area is 94.0 Å². The third kappa shape index (κ3) is 2.96. The second-order valence-corrected chi connectivity index (χ2v) is 6.73. The van der Waals surface area contributed by atoms with Gasteiger partial charge in [-0.05, 0) is 32.1 Å². The van der Waals surface area contributed by atoms with E-state index >= 15 is 0 Å². The number of likely N-dealkylation sites (tertiary alicyclic amines) is 1. The van der Waals surface area contributed by atoms with Gasteiger partial charge < -0.3 is 4.90 Å². The van der Waals surface area contributed by atoms with Crippen LogP contribution in [0.15, 0.2) is 0 Å². The van der Waals surface area contributed by atoms with Gasteiger partial charge in [-0.2, -0.15) is 0 Å². The standard InChI is InChI=1S/C13H25NO/c1-10-7-8-14(11(10)15)13(5,6)9-12(2,3)4/h10H,7-9H2,1-6H3. The zero-order valence-corrected chi connectivity index (χ0v) is 11.1. The lowest BCUT2D eigenvalue weighted by Gasteiger charge is -2.40. The van der Waals surface area contributed by atoms with Crippen molar-refractivity contribution in [1.82, 2.24) is 4.90 Å². The van der Waals surface area contributed by atoms with Crippen LogP contribution in [0.3, 0.4) is 0 Å². The summed E-state index contributed by atoms with van der Waals surface area (Å²) in [6, 6.07) is 0. The fourth-order valence-electron chi connectivity index (χ4n) is 2.82. The average Bonchev–Trinajstić information content (AvgIpc) is 2.27. The van der Waals surface area contributed by atoms with Crippen LogP contribution in [0.1, 0.15) is 54.4 Å². The van der Waals surface area contributed by atoms with Gasteiger partial charge in [0, 0.05) is 18.0 Å². The summed E-state index contributed by atoms with van der Waals surface area (Å²) in [5.74, 6) is 0.563. The van der Waals surface area contributed by atoms with E-state index in [1.807, 2.05) is 6.92 Å². The van der Waals surface area contributed by atoms with Crippen molar-refractivity contribution in [3.8, 4) is 0 Å². The molecule has 1 aliphatic rings. The summed E-state index contributed by atoms with van der Waals surface area (Å²) in [4.78, 5) is 14.0. The molecule has 1 rings (SSSR count). The van der Waals surface area contributed by atoms with Crippen molar-refractivity contribution in [3.63, 3.8) is 0 Å². The van der Waals surface area contributed by atoms with Crippen molar-refractivity contribution in [2.24, 2.45) is 11.3 Å². The normalized spacial score (nSPS) is 23.7. The molecule has 0 radical (unpaired) electrons. The average molecular weight is 211 g/mol. The first-order chi connectivity index (χ1) is 6.63. The first kappa shape index (κ1) is 12.5. The molecular formula is C13H25NO. The van der Waals surface area contributed by atoms with Crippen LogP contribution < -0.4 is 0 Å². The predicted molar refractivity (Wildman–Crippen MR) is 63.6 cm³/mol. The summed E-state index contributed by atoms with van der Waals surface area (Å²) in [5.41, 5.74) is 0.274. The van der Waals surface area contributed by atoms with E-state index in [0.29, 0.717) is 5.91 Å². The fourth-order valence-corrected chi connectivity index (χ4v) is 2.82. The molecule has 0 N–H and O–H groups in total. The Morgan fingerprint density at radius 1 is 1.27 bits per heavy atom. The van der Waals surface area contributed by atoms with Crippen LogP contribution in [0.2, 0.25) is 0 Å². The van der Waals surface area contributed by atoms with Crippen molar-refractivity contribution >= 4 is 5.91 Å². The van der Waals surface area contributed by atoms with Crippen molar-refractivity contribution in [1.29, 1.82) is 0 Å². The molecule has 1 saturated heterocycles. The molecule has 1 unspecified atom stereocenters. The molecule has 0 aliphatic carbocycles. The third-order valence-corrected chi connectivity index (χ3v) is 3.17. The molecule has 0 bridgehead atoms. The first-order valence-electron chi connectivity index (χ1n) is 5.95. The van der Waals surface area contributed by atoms with E-state index in [0.717, 1.165) is 19.4 Å². The molecule has 1 heterocycles. The maximum Gasteiger partial charge on any atom is 0.225 e. The molecule has 1 amide bonds. The van der Waals surface area contributed by atoms with Gasteiger partial charge in [0.25, 0.3) is 0 Å². The van der Waals surface area contributed by atoms with E-state index in [-0.39, 0.29) is 16.9 Å². The summed E-state index contributed by atoms with van der Waals surface area (Å²) in [6.07, 6.45) is 2.07. The molecular weight excluding hydrogens is 186 g/mol. The maximum atomic E-state index is 12.0. The number of hydrogen-bond donors (Lipinski definition) is 0. The molecule has 0 spiro atoms. The zero-order chi connectivity index (χ0) is 11.9. The number of rotatable bonds is 2. The molecule has 1 atom stereocenters. The molecule has 2 heteroatoms. The van der Waals surface area contributed by atoms with E-state index < -0.39 is 0 Å². The smallest absolute Gasteiger partial charge is 0.225 e. The van der Waals surface area contributed by atoms with Crippen LogP contribution in [0.5, 0.6) is 0 Å². The second-order valence-electron chi connectivity index (χ2n) is 6.73. The molecule has 0 aromatic heterocycles. The maximum absolute atomic E-state index is 12.0. The minimum Gasteiger partial charge on any atom is -0.337 e. The van der Waals surface area contributed by atoms with Gasteiger partial charge in [0.1, 0.15) is 0 Å². The van der Waals surface area contributed by atoms with Crippen molar-refractivity contribution in [3.05, 3.63) is 0 Å². The lowest BCUT2D eigenvalue weighted by molar-refractivity contribution is -0.135. The van der Waals surface area contributed by atoms with Gasteiger partial charge in [0.2, 0.25) is 5.91 Å². The first-order valence-corrected chi connectivity index (χ1v) is 5.95. The molecule has 0 aromatic carbocycles. The van der Waals surface area contributed by atoms with Gasteiger partial charge >= 0.3 is 0 Å². The molecule has 0 saturated carbocycles. The molecule has 2 nitrogen and oxygen atoms in total. The van der Waals surface area contributed by atoms with Crippen molar-refractivity contribution in [2.75, 3.05) is 6.54 Å². The van der Waals surface area contributed by atoms with E-state index in [1.165, 1.54) is 0 Å². The Morgan fingerprint density at radius 2 is 1.80 bits per heavy atom. The minimum absolute atomic E-state index is 0.0000926. The Hall–Kier alpha value is -0.530. The quantitative estimate of drug-likeness (QED) is 0.687. The second kappa shape index (κ2) is 3.80.